The standard InChI is InChI=1S/C13H17ClN2/c1-3-7-16(8-6-15)10-12-5-4-11(2)9-13(12)14/h4-5,9H,3,7-8,10H2,1-2H3. The Morgan fingerprint density at radius 2 is 2.19 bits per heavy atom. The van der Waals surface area contributed by atoms with E-state index in [0.29, 0.717) is 6.54 Å². The number of rotatable bonds is 5. The predicted molar refractivity (Wildman–Crippen MR) is 67.4 cm³/mol. The summed E-state index contributed by atoms with van der Waals surface area (Å²) in [6.45, 7) is 6.27. The van der Waals surface area contributed by atoms with Gasteiger partial charge >= 0.3 is 0 Å². The van der Waals surface area contributed by atoms with Crippen LogP contribution in [0, 0.1) is 18.3 Å². The average molecular weight is 237 g/mol. The molecule has 0 saturated carbocycles. The molecule has 2 nitrogen and oxygen atoms in total. The summed E-state index contributed by atoms with van der Waals surface area (Å²) in [4.78, 5) is 2.11. The highest BCUT2D eigenvalue weighted by Gasteiger charge is 2.07. The van der Waals surface area contributed by atoms with Crippen molar-refractivity contribution in [1.82, 2.24) is 4.90 Å². The molecule has 0 heterocycles. The molecule has 0 amide bonds. The van der Waals surface area contributed by atoms with Crippen LogP contribution in [0.3, 0.4) is 0 Å². The lowest BCUT2D eigenvalue weighted by molar-refractivity contribution is 0.298. The van der Waals surface area contributed by atoms with Gasteiger partial charge in [0.2, 0.25) is 0 Å². The van der Waals surface area contributed by atoms with Gasteiger partial charge in [-0.05, 0) is 37.1 Å². The Morgan fingerprint density at radius 1 is 1.44 bits per heavy atom. The van der Waals surface area contributed by atoms with Crippen LogP contribution in [0.5, 0.6) is 0 Å². The van der Waals surface area contributed by atoms with Gasteiger partial charge in [-0.25, -0.2) is 0 Å². The van der Waals surface area contributed by atoms with Crippen LogP contribution in [0.25, 0.3) is 0 Å². The highest BCUT2D eigenvalue weighted by Crippen LogP contribution is 2.19. The first-order chi connectivity index (χ1) is 7.67. The van der Waals surface area contributed by atoms with E-state index in [-0.39, 0.29) is 0 Å². The first-order valence-corrected chi connectivity index (χ1v) is 5.89. The first kappa shape index (κ1) is 13.0. The van der Waals surface area contributed by atoms with Gasteiger partial charge in [-0.1, -0.05) is 30.7 Å². The van der Waals surface area contributed by atoms with Gasteiger partial charge in [0, 0.05) is 11.6 Å². The second-order valence-corrected chi connectivity index (χ2v) is 4.37. The SMILES string of the molecule is CCCN(CC#N)Cc1ccc(C)cc1Cl. The Labute approximate surface area is 102 Å². The maximum atomic E-state index is 8.73. The Kier molecular flexibility index (Phi) is 5.31. The van der Waals surface area contributed by atoms with Gasteiger partial charge < -0.3 is 0 Å². The fraction of sp³-hybridized carbons (Fsp3) is 0.462. The average Bonchev–Trinajstić information content (AvgIpc) is 2.23. The number of benzene rings is 1. The molecular weight excluding hydrogens is 220 g/mol. The lowest BCUT2D eigenvalue weighted by Crippen LogP contribution is -2.24. The zero-order valence-corrected chi connectivity index (χ0v) is 10.6. The minimum absolute atomic E-state index is 0.456. The quantitative estimate of drug-likeness (QED) is 0.733. The number of aryl methyl sites for hydroxylation is 1. The number of halogens is 1. The summed E-state index contributed by atoms with van der Waals surface area (Å²) in [6.07, 6.45) is 1.05. The summed E-state index contributed by atoms with van der Waals surface area (Å²) in [7, 11) is 0. The van der Waals surface area contributed by atoms with Gasteiger partial charge in [0.05, 0.1) is 12.6 Å². The maximum Gasteiger partial charge on any atom is 0.0868 e. The summed E-state index contributed by atoms with van der Waals surface area (Å²) in [5, 5.41) is 9.52. The van der Waals surface area contributed by atoms with Crippen molar-refractivity contribution in [2.75, 3.05) is 13.1 Å². The highest BCUT2D eigenvalue weighted by atomic mass is 35.5. The molecule has 3 heteroatoms. The molecule has 1 aromatic carbocycles. The lowest BCUT2D eigenvalue weighted by Gasteiger charge is -2.19. The molecule has 0 unspecified atom stereocenters. The summed E-state index contributed by atoms with van der Waals surface area (Å²) in [5.74, 6) is 0. The van der Waals surface area contributed by atoms with Crippen molar-refractivity contribution in [1.29, 1.82) is 5.26 Å². The molecule has 0 N–H and O–H groups in total. The van der Waals surface area contributed by atoms with E-state index in [1.807, 2.05) is 19.1 Å². The van der Waals surface area contributed by atoms with Crippen LogP contribution < -0.4 is 0 Å². The third-order valence-electron chi connectivity index (χ3n) is 2.44. The van der Waals surface area contributed by atoms with E-state index in [2.05, 4.69) is 24.0 Å². The second-order valence-electron chi connectivity index (χ2n) is 3.96. The highest BCUT2D eigenvalue weighted by molar-refractivity contribution is 6.31. The minimum atomic E-state index is 0.456. The minimum Gasteiger partial charge on any atom is -0.286 e. The molecule has 1 aromatic rings. The first-order valence-electron chi connectivity index (χ1n) is 5.51. The van der Waals surface area contributed by atoms with Crippen LogP contribution in [0.15, 0.2) is 18.2 Å². The Morgan fingerprint density at radius 3 is 2.75 bits per heavy atom. The van der Waals surface area contributed by atoms with E-state index in [1.165, 1.54) is 0 Å². The molecule has 0 fully saturated rings. The molecule has 86 valence electrons. The third kappa shape index (κ3) is 3.84. The van der Waals surface area contributed by atoms with Crippen molar-refractivity contribution in [3.63, 3.8) is 0 Å². The summed E-state index contributed by atoms with van der Waals surface area (Å²) < 4.78 is 0. The molecule has 0 saturated heterocycles. The second kappa shape index (κ2) is 6.52. The van der Waals surface area contributed by atoms with Crippen molar-refractivity contribution in [3.05, 3.63) is 34.3 Å². The molecule has 0 aliphatic heterocycles. The smallest absolute Gasteiger partial charge is 0.0868 e. The fourth-order valence-corrected chi connectivity index (χ4v) is 1.95. The van der Waals surface area contributed by atoms with Gasteiger partial charge in [-0.15, -0.1) is 0 Å². The summed E-state index contributed by atoms with van der Waals surface area (Å²) in [5.41, 5.74) is 2.26. The molecule has 0 bridgehead atoms. The summed E-state index contributed by atoms with van der Waals surface area (Å²) >= 11 is 6.16. The third-order valence-corrected chi connectivity index (χ3v) is 2.79. The van der Waals surface area contributed by atoms with Crippen molar-refractivity contribution in [2.45, 2.75) is 26.8 Å². The Hall–Kier alpha value is -1.04. The molecule has 0 spiro atoms. The maximum absolute atomic E-state index is 8.73. The van der Waals surface area contributed by atoms with Crippen molar-refractivity contribution in [2.24, 2.45) is 0 Å². The predicted octanol–water partition coefficient (Wildman–Crippen LogP) is 3.38. The largest absolute Gasteiger partial charge is 0.286 e. The van der Waals surface area contributed by atoms with Gasteiger partial charge in [0.25, 0.3) is 0 Å². The molecule has 0 aliphatic carbocycles. The van der Waals surface area contributed by atoms with Crippen molar-refractivity contribution < 1.29 is 0 Å². The summed E-state index contributed by atoms with van der Waals surface area (Å²) in [6, 6.07) is 8.24. The molecular formula is C13H17ClN2. The van der Waals surface area contributed by atoms with Crippen molar-refractivity contribution >= 4 is 11.6 Å². The van der Waals surface area contributed by atoms with Gasteiger partial charge in [-0.2, -0.15) is 5.26 Å². The molecule has 0 radical (unpaired) electrons. The molecule has 1 rings (SSSR count). The zero-order valence-electron chi connectivity index (χ0n) is 9.83. The number of hydrogen-bond acceptors (Lipinski definition) is 2. The number of hydrogen-bond donors (Lipinski definition) is 0. The van der Waals surface area contributed by atoms with E-state index in [1.54, 1.807) is 0 Å². The van der Waals surface area contributed by atoms with E-state index in [0.717, 1.165) is 35.7 Å². The fourth-order valence-electron chi connectivity index (χ4n) is 1.65. The van der Waals surface area contributed by atoms with Gasteiger partial charge in [-0.3, -0.25) is 4.90 Å². The van der Waals surface area contributed by atoms with Crippen LogP contribution in [0.1, 0.15) is 24.5 Å². The van der Waals surface area contributed by atoms with E-state index in [4.69, 9.17) is 16.9 Å². The van der Waals surface area contributed by atoms with Crippen LogP contribution in [-0.4, -0.2) is 18.0 Å². The monoisotopic (exact) mass is 236 g/mol. The topological polar surface area (TPSA) is 27.0 Å². The number of nitrogens with zero attached hydrogens (tertiary/aromatic N) is 2. The van der Waals surface area contributed by atoms with Crippen LogP contribution in [0.4, 0.5) is 0 Å². The normalized spacial score (nSPS) is 10.4. The van der Waals surface area contributed by atoms with Crippen LogP contribution in [-0.2, 0) is 6.54 Å². The lowest BCUT2D eigenvalue weighted by atomic mass is 10.1. The van der Waals surface area contributed by atoms with E-state index in [9.17, 15) is 0 Å². The molecule has 0 aromatic heterocycles. The Balaban J connectivity index is 2.73. The van der Waals surface area contributed by atoms with Gasteiger partial charge in [0.1, 0.15) is 0 Å². The van der Waals surface area contributed by atoms with Crippen LogP contribution in [0.2, 0.25) is 5.02 Å². The van der Waals surface area contributed by atoms with E-state index >= 15 is 0 Å². The molecule has 16 heavy (non-hydrogen) atoms. The van der Waals surface area contributed by atoms with Crippen molar-refractivity contribution in [3.8, 4) is 6.07 Å². The van der Waals surface area contributed by atoms with E-state index < -0.39 is 0 Å². The van der Waals surface area contributed by atoms with Gasteiger partial charge in [0.15, 0.2) is 0 Å². The zero-order chi connectivity index (χ0) is 12.0. The molecule has 0 aliphatic rings. The Bertz CT molecular complexity index is 382. The number of nitriles is 1. The molecule has 0 atom stereocenters. The van der Waals surface area contributed by atoms with Crippen LogP contribution >= 0.6 is 11.6 Å².